The topological polar surface area (TPSA) is 110 Å². The number of hydrogen-bond donors (Lipinski definition) is 1. The number of piperazine rings is 1. The first-order chi connectivity index (χ1) is 16.4. The predicted octanol–water partition coefficient (Wildman–Crippen LogP) is 3.12. The van der Waals surface area contributed by atoms with E-state index < -0.39 is 10.8 Å². The molecule has 178 valence electrons. The van der Waals surface area contributed by atoms with E-state index in [9.17, 15) is 19.7 Å². The van der Waals surface area contributed by atoms with Crippen LogP contribution in [0.15, 0.2) is 48.7 Å². The van der Waals surface area contributed by atoms with Gasteiger partial charge in [0.05, 0.1) is 11.5 Å². The van der Waals surface area contributed by atoms with E-state index in [1.807, 2.05) is 29.3 Å². The minimum absolute atomic E-state index is 0.00843. The van der Waals surface area contributed by atoms with Crippen molar-refractivity contribution in [3.05, 3.63) is 64.3 Å². The van der Waals surface area contributed by atoms with Gasteiger partial charge in [-0.05, 0) is 36.4 Å². The Kier molecular flexibility index (Phi) is 6.78. The van der Waals surface area contributed by atoms with Crippen LogP contribution in [0, 0.1) is 10.1 Å². The van der Waals surface area contributed by atoms with E-state index in [4.69, 9.17) is 4.74 Å². The molecule has 10 nitrogen and oxygen atoms in total. The number of rotatable bonds is 7. The Hall–Kier alpha value is -3.92. The first kappa shape index (κ1) is 23.2. The molecule has 10 heteroatoms. The standard InChI is InChI=1S/C24H27N5O5/c1-17(30)26-9-11-28(12-10-26)22-5-3-19(16-23(22)29(32)33)24(31)25-20-4-6-21-18(15-20)7-8-27(21)13-14-34-2/h3-8,15-16H,9-14H2,1-2H3,(H,25,31). The molecule has 1 aliphatic heterocycles. The zero-order chi connectivity index (χ0) is 24.2. The van der Waals surface area contributed by atoms with Crippen LogP contribution >= 0.6 is 0 Å². The maximum atomic E-state index is 12.9. The molecule has 4 rings (SSSR count). The van der Waals surface area contributed by atoms with Crippen molar-refractivity contribution >= 4 is 39.8 Å². The fourth-order valence-electron chi connectivity index (χ4n) is 4.21. The third kappa shape index (κ3) is 4.86. The van der Waals surface area contributed by atoms with E-state index in [0.29, 0.717) is 44.2 Å². The molecule has 1 aliphatic rings. The second kappa shape index (κ2) is 9.92. The van der Waals surface area contributed by atoms with Gasteiger partial charge in [-0.2, -0.15) is 0 Å². The Morgan fingerprint density at radius 3 is 2.53 bits per heavy atom. The number of amides is 2. The number of benzene rings is 2. The smallest absolute Gasteiger partial charge is 0.293 e. The van der Waals surface area contributed by atoms with Crippen LogP contribution in [0.1, 0.15) is 17.3 Å². The number of carbonyl (C=O) groups excluding carboxylic acids is 2. The lowest BCUT2D eigenvalue weighted by molar-refractivity contribution is -0.384. The Balaban J connectivity index is 1.50. The Morgan fingerprint density at radius 2 is 1.85 bits per heavy atom. The van der Waals surface area contributed by atoms with Gasteiger partial charge in [0.15, 0.2) is 0 Å². The molecule has 0 saturated carbocycles. The molecule has 2 aromatic carbocycles. The number of aromatic nitrogens is 1. The van der Waals surface area contributed by atoms with Crippen molar-refractivity contribution in [3.8, 4) is 0 Å². The number of ether oxygens (including phenoxy) is 1. The summed E-state index contributed by atoms with van der Waals surface area (Å²) < 4.78 is 7.20. The van der Waals surface area contributed by atoms with Crippen molar-refractivity contribution in [2.24, 2.45) is 0 Å². The molecule has 1 fully saturated rings. The predicted molar refractivity (Wildman–Crippen MR) is 129 cm³/mol. The summed E-state index contributed by atoms with van der Waals surface area (Å²) in [5.41, 5.74) is 2.16. The van der Waals surface area contributed by atoms with Crippen LogP contribution in [-0.2, 0) is 16.1 Å². The molecule has 0 spiro atoms. The molecule has 1 saturated heterocycles. The van der Waals surface area contributed by atoms with E-state index >= 15 is 0 Å². The lowest BCUT2D eigenvalue weighted by Crippen LogP contribution is -2.48. The van der Waals surface area contributed by atoms with Gasteiger partial charge in [-0.15, -0.1) is 0 Å². The van der Waals surface area contributed by atoms with Crippen LogP contribution in [0.2, 0.25) is 0 Å². The molecular formula is C24H27N5O5. The molecule has 1 N–H and O–H groups in total. The lowest BCUT2D eigenvalue weighted by atomic mass is 10.1. The van der Waals surface area contributed by atoms with Crippen molar-refractivity contribution < 1.29 is 19.2 Å². The minimum atomic E-state index is -0.474. The summed E-state index contributed by atoms with van der Waals surface area (Å²) in [5.74, 6) is -0.430. The van der Waals surface area contributed by atoms with Gasteiger partial charge in [0.25, 0.3) is 11.6 Å². The number of nitro benzene ring substituents is 1. The van der Waals surface area contributed by atoms with Gasteiger partial charge in [-0.25, -0.2) is 0 Å². The number of anilines is 2. The Labute approximate surface area is 196 Å². The van der Waals surface area contributed by atoms with Crippen LogP contribution in [0.3, 0.4) is 0 Å². The van der Waals surface area contributed by atoms with Gasteiger partial charge < -0.3 is 24.4 Å². The van der Waals surface area contributed by atoms with E-state index in [0.717, 1.165) is 17.4 Å². The molecule has 1 aromatic heterocycles. The summed E-state index contributed by atoms with van der Waals surface area (Å²) in [6, 6.07) is 12.1. The van der Waals surface area contributed by atoms with Crippen LogP contribution in [0.25, 0.3) is 10.9 Å². The van der Waals surface area contributed by atoms with Crippen molar-refractivity contribution in [1.82, 2.24) is 9.47 Å². The lowest BCUT2D eigenvalue weighted by Gasteiger charge is -2.35. The van der Waals surface area contributed by atoms with E-state index in [-0.39, 0.29) is 17.2 Å². The minimum Gasteiger partial charge on any atom is -0.383 e. The summed E-state index contributed by atoms with van der Waals surface area (Å²) in [7, 11) is 1.66. The Bertz CT molecular complexity index is 1230. The summed E-state index contributed by atoms with van der Waals surface area (Å²) in [4.78, 5) is 39.3. The first-order valence-corrected chi connectivity index (χ1v) is 11.1. The highest BCUT2D eigenvalue weighted by Crippen LogP contribution is 2.30. The second-order valence-electron chi connectivity index (χ2n) is 8.18. The van der Waals surface area contributed by atoms with Gasteiger partial charge in [-0.1, -0.05) is 0 Å². The molecule has 34 heavy (non-hydrogen) atoms. The highest BCUT2D eigenvalue weighted by Gasteiger charge is 2.26. The van der Waals surface area contributed by atoms with Gasteiger partial charge in [0, 0.05) is 81.2 Å². The maximum absolute atomic E-state index is 12.9. The third-order valence-corrected chi connectivity index (χ3v) is 6.07. The molecule has 0 radical (unpaired) electrons. The Morgan fingerprint density at radius 1 is 1.09 bits per heavy atom. The summed E-state index contributed by atoms with van der Waals surface area (Å²) in [6.07, 6.45) is 1.97. The van der Waals surface area contributed by atoms with Gasteiger partial charge >= 0.3 is 0 Å². The molecule has 2 amide bonds. The van der Waals surface area contributed by atoms with Crippen molar-refractivity contribution in [1.29, 1.82) is 0 Å². The van der Waals surface area contributed by atoms with Crippen LogP contribution < -0.4 is 10.2 Å². The van der Waals surface area contributed by atoms with Crippen LogP contribution in [-0.4, -0.2) is 66.1 Å². The number of carbonyl (C=O) groups is 2. The van der Waals surface area contributed by atoms with Crippen LogP contribution in [0.5, 0.6) is 0 Å². The summed E-state index contributed by atoms with van der Waals surface area (Å²) >= 11 is 0. The SMILES string of the molecule is COCCn1ccc2cc(NC(=O)c3ccc(N4CCN(C(C)=O)CC4)c([N+](=O)[O-])c3)ccc21. The molecule has 0 atom stereocenters. The number of methoxy groups -OCH3 is 1. The van der Waals surface area contributed by atoms with Gasteiger partial charge in [0.2, 0.25) is 5.91 Å². The zero-order valence-electron chi connectivity index (χ0n) is 19.2. The largest absolute Gasteiger partial charge is 0.383 e. The van der Waals surface area contributed by atoms with Crippen molar-refractivity contribution in [3.63, 3.8) is 0 Å². The van der Waals surface area contributed by atoms with Crippen molar-refractivity contribution in [2.75, 3.05) is 50.1 Å². The molecule has 0 unspecified atom stereocenters. The summed E-state index contributed by atoms with van der Waals surface area (Å²) in [6.45, 7) is 4.84. The highest BCUT2D eigenvalue weighted by molar-refractivity contribution is 6.06. The fraction of sp³-hybridized carbons (Fsp3) is 0.333. The van der Waals surface area contributed by atoms with Crippen LogP contribution in [0.4, 0.5) is 17.1 Å². The number of fused-ring (bicyclic) bond motifs is 1. The van der Waals surface area contributed by atoms with Crippen molar-refractivity contribution in [2.45, 2.75) is 13.5 Å². The molecular weight excluding hydrogens is 438 g/mol. The average molecular weight is 466 g/mol. The number of nitrogens with zero attached hydrogens (tertiary/aromatic N) is 4. The fourth-order valence-corrected chi connectivity index (χ4v) is 4.21. The van der Waals surface area contributed by atoms with E-state index in [1.54, 1.807) is 30.2 Å². The van der Waals surface area contributed by atoms with E-state index in [1.165, 1.54) is 13.0 Å². The zero-order valence-corrected chi connectivity index (χ0v) is 19.2. The quantitative estimate of drug-likeness (QED) is 0.424. The van der Waals surface area contributed by atoms with E-state index in [2.05, 4.69) is 9.88 Å². The number of hydrogen-bond acceptors (Lipinski definition) is 6. The number of nitrogens with one attached hydrogen (secondary N) is 1. The monoisotopic (exact) mass is 465 g/mol. The highest BCUT2D eigenvalue weighted by atomic mass is 16.6. The molecule has 3 aromatic rings. The third-order valence-electron chi connectivity index (χ3n) is 6.07. The number of nitro groups is 1. The average Bonchev–Trinajstić information content (AvgIpc) is 3.24. The van der Waals surface area contributed by atoms with Gasteiger partial charge in [0.1, 0.15) is 5.69 Å². The molecule has 2 heterocycles. The second-order valence-corrected chi connectivity index (χ2v) is 8.18. The van der Waals surface area contributed by atoms with Gasteiger partial charge in [-0.3, -0.25) is 19.7 Å². The first-order valence-electron chi connectivity index (χ1n) is 11.1. The molecule has 0 bridgehead atoms. The maximum Gasteiger partial charge on any atom is 0.293 e. The molecule has 0 aliphatic carbocycles. The summed E-state index contributed by atoms with van der Waals surface area (Å²) in [5, 5.41) is 15.6. The normalized spacial score (nSPS) is 13.8.